The number of hydroxylamine groups is 2. The highest BCUT2D eigenvalue weighted by molar-refractivity contribution is 5.87. The zero-order valence-electron chi connectivity index (χ0n) is 7.79. The first-order valence-corrected chi connectivity index (χ1v) is 4.10. The van der Waals surface area contributed by atoms with E-state index in [2.05, 4.69) is 10.5 Å². The van der Waals surface area contributed by atoms with Crippen molar-refractivity contribution in [1.29, 1.82) is 0 Å². The molecule has 1 aromatic carbocycles. The van der Waals surface area contributed by atoms with Crippen LogP contribution in [0.2, 0.25) is 0 Å². The van der Waals surface area contributed by atoms with E-state index in [1.165, 1.54) is 0 Å². The first kappa shape index (κ1) is 11.0. The van der Waals surface area contributed by atoms with Gasteiger partial charge in [0.25, 0.3) is 0 Å². The third-order valence-electron chi connectivity index (χ3n) is 1.59. The van der Waals surface area contributed by atoms with E-state index in [1.807, 2.05) is 6.07 Å². The largest absolute Gasteiger partial charge is 0.443 e. The van der Waals surface area contributed by atoms with Crippen molar-refractivity contribution in [2.45, 2.75) is 6.61 Å². The second-order valence-corrected chi connectivity index (χ2v) is 2.69. The van der Waals surface area contributed by atoms with Gasteiger partial charge in [0, 0.05) is 0 Å². The van der Waals surface area contributed by atoms with Crippen LogP contribution in [0.1, 0.15) is 5.56 Å². The maximum absolute atomic E-state index is 10.9. The Morgan fingerprint density at radius 3 is 2.47 bits per heavy atom. The lowest BCUT2D eigenvalue weighted by Gasteiger charge is -2.10. The molecule has 6 heteroatoms. The van der Waals surface area contributed by atoms with Crippen LogP contribution in [0.25, 0.3) is 0 Å². The summed E-state index contributed by atoms with van der Waals surface area (Å²) in [6.45, 7) is -0.0377. The molecule has 0 radical (unpaired) electrons. The van der Waals surface area contributed by atoms with Crippen LogP contribution in [0.3, 0.4) is 0 Å². The fraction of sp³-hybridized carbons (Fsp3) is 0.111. The van der Waals surface area contributed by atoms with Gasteiger partial charge in [0.1, 0.15) is 6.61 Å². The molecule has 0 aliphatic heterocycles. The van der Waals surface area contributed by atoms with Gasteiger partial charge >= 0.3 is 12.1 Å². The summed E-state index contributed by atoms with van der Waals surface area (Å²) in [5, 5.41) is 8.47. The van der Waals surface area contributed by atoms with Gasteiger partial charge in [-0.2, -0.15) is 0 Å². The molecule has 1 rings (SSSR count). The summed E-state index contributed by atoms with van der Waals surface area (Å²) in [7, 11) is 0. The lowest BCUT2D eigenvalue weighted by molar-refractivity contribution is -0.0358. The molecule has 3 N–H and O–H groups in total. The third kappa shape index (κ3) is 3.28. The minimum Gasteiger partial charge on any atom is -0.443 e. The van der Waals surface area contributed by atoms with Gasteiger partial charge in [-0.3, -0.25) is 5.21 Å². The number of nitrogens with two attached hydrogens (primary N) is 1. The van der Waals surface area contributed by atoms with Gasteiger partial charge in [0.05, 0.1) is 0 Å². The molecular formula is C9H10N2O4. The van der Waals surface area contributed by atoms with E-state index < -0.39 is 12.1 Å². The molecule has 0 saturated carbocycles. The highest BCUT2D eigenvalue weighted by Gasteiger charge is 2.17. The SMILES string of the molecule is NC(=O)N(O)C(=O)OCc1ccccc1. The number of urea groups is 1. The van der Waals surface area contributed by atoms with Crippen molar-refractivity contribution in [1.82, 2.24) is 5.06 Å². The number of carbonyl (C=O) groups excluding carboxylic acids is 2. The number of amides is 3. The standard InChI is InChI=1S/C9H10N2O4/c10-8(12)11(14)9(13)15-6-7-4-2-1-3-5-7/h1-5,14H,6H2,(H2,10,12). The van der Waals surface area contributed by atoms with Gasteiger partial charge in [-0.1, -0.05) is 30.3 Å². The maximum Gasteiger partial charge on any atom is 0.443 e. The summed E-state index contributed by atoms with van der Waals surface area (Å²) >= 11 is 0. The summed E-state index contributed by atoms with van der Waals surface area (Å²) in [5.41, 5.74) is 5.38. The van der Waals surface area contributed by atoms with Gasteiger partial charge < -0.3 is 10.5 Å². The number of rotatable bonds is 2. The average Bonchev–Trinajstić information content (AvgIpc) is 2.26. The van der Waals surface area contributed by atoms with E-state index >= 15 is 0 Å². The second kappa shape index (κ2) is 4.97. The number of primary amides is 1. The molecule has 0 spiro atoms. The molecule has 0 unspecified atom stereocenters. The van der Waals surface area contributed by atoms with E-state index in [1.54, 1.807) is 24.3 Å². The monoisotopic (exact) mass is 210 g/mol. The van der Waals surface area contributed by atoms with Crippen LogP contribution in [0, 0.1) is 0 Å². The van der Waals surface area contributed by atoms with Crippen molar-refractivity contribution in [3.63, 3.8) is 0 Å². The number of imide groups is 1. The molecule has 0 fully saturated rings. The van der Waals surface area contributed by atoms with Crippen LogP contribution in [-0.4, -0.2) is 22.4 Å². The van der Waals surface area contributed by atoms with E-state index in [0.29, 0.717) is 0 Å². The summed E-state index contributed by atoms with van der Waals surface area (Å²) in [5.74, 6) is 0. The van der Waals surface area contributed by atoms with Gasteiger partial charge in [-0.15, -0.1) is 5.06 Å². The van der Waals surface area contributed by atoms with Gasteiger partial charge in [-0.25, -0.2) is 9.59 Å². The Morgan fingerprint density at radius 1 is 1.33 bits per heavy atom. The number of hydrogen-bond donors (Lipinski definition) is 2. The summed E-state index contributed by atoms with van der Waals surface area (Å²) in [6, 6.07) is 7.54. The molecule has 80 valence electrons. The highest BCUT2D eigenvalue weighted by Crippen LogP contribution is 2.01. The topological polar surface area (TPSA) is 92.9 Å². The Labute approximate surface area is 85.8 Å². The van der Waals surface area contributed by atoms with E-state index in [0.717, 1.165) is 5.56 Å². The molecule has 0 saturated heterocycles. The average molecular weight is 210 g/mol. The fourth-order valence-corrected chi connectivity index (χ4v) is 0.870. The number of nitrogens with zero attached hydrogens (tertiary/aromatic N) is 1. The second-order valence-electron chi connectivity index (χ2n) is 2.69. The molecule has 0 bridgehead atoms. The van der Waals surface area contributed by atoms with E-state index in [4.69, 9.17) is 5.21 Å². The number of ether oxygens (including phenoxy) is 1. The zero-order valence-corrected chi connectivity index (χ0v) is 7.79. The highest BCUT2D eigenvalue weighted by atomic mass is 16.6. The van der Waals surface area contributed by atoms with Crippen LogP contribution in [0.15, 0.2) is 30.3 Å². The van der Waals surface area contributed by atoms with Crippen LogP contribution in [0.5, 0.6) is 0 Å². The van der Waals surface area contributed by atoms with Gasteiger partial charge in [0.15, 0.2) is 0 Å². The van der Waals surface area contributed by atoms with Crippen LogP contribution >= 0.6 is 0 Å². The fourth-order valence-electron chi connectivity index (χ4n) is 0.870. The predicted molar refractivity (Wildman–Crippen MR) is 49.8 cm³/mol. The van der Waals surface area contributed by atoms with Crippen molar-refractivity contribution >= 4 is 12.1 Å². The van der Waals surface area contributed by atoms with Crippen LogP contribution in [0.4, 0.5) is 9.59 Å². The molecular weight excluding hydrogens is 200 g/mol. The van der Waals surface area contributed by atoms with Crippen molar-refractivity contribution in [2.24, 2.45) is 5.73 Å². The van der Waals surface area contributed by atoms with Crippen LogP contribution in [-0.2, 0) is 11.3 Å². The summed E-state index contributed by atoms with van der Waals surface area (Å²) in [4.78, 5) is 21.3. The number of hydrogen-bond acceptors (Lipinski definition) is 4. The van der Waals surface area contributed by atoms with Gasteiger partial charge in [-0.05, 0) is 5.56 Å². The zero-order chi connectivity index (χ0) is 11.3. The van der Waals surface area contributed by atoms with E-state index in [-0.39, 0.29) is 11.7 Å². The normalized spacial score (nSPS) is 9.40. The summed E-state index contributed by atoms with van der Waals surface area (Å²) < 4.78 is 4.59. The molecule has 0 aliphatic rings. The molecule has 0 heterocycles. The Bertz CT molecular complexity index is 352. The predicted octanol–water partition coefficient (Wildman–Crippen LogP) is 1.09. The molecule has 15 heavy (non-hydrogen) atoms. The molecule has 6 nitrogen and oxygen atoms in total. The molecule has 0 aliphatic carbocycles. The number of carbonyl (C=O) groups is 2. The quantitative estimate of drug-likeness (QED) is 0.564. The Balaban J connectivity index is 2.44. The molecule has 0 aromatic heterocycles. The molecule has 1 aromatic rings. The lowest BCUT2D eigenvalue weighted by atomic mass is 10.2. The summed E-state index contributed by atoms with van der Waals surface area (Å²) in [6.07, 6.45) is -1.20. The number of benzene rings is 1. The smallest absolute Gasteiger partial charge is 0.443 e. The van der Waals surface area contributed by atoms with E-state index in [9.17, 15) is 9.59 Å². The van der Waals surface area contributed by atoms with Crippen LogP contribution < -0.4 is 5.73 Å². The van der Waals surface area contributed by atoms with Crippen molar-refractivity contribution in [3.8, 4) is 0 Å². The molecule has 0 atom stereocenters. The van der Waals surface area contributed by atoms with Crippen molar-refractivity contribution in [3.05, 3.63) is 35.9 Å². The minimum atomic E-state index is -1.28. The lowest BCUT2D eigenvalue weighted by Crippen LogP contribution is -2.38. The van der Waals surface area contributed by atoms with Crippen molar-refractivity contribution in [2.75, 3.05) is 0 Å². The third-order valence-corrected chi connectivity index (χ3v) is 1.59. The minimum absolute atomic E-state index is 0.0377. The Kier molecular flexibility index (Phi) is 3.64. The first-order chi connectivity index (χ1) is 7.11. The van der Waals surface area contributed by atoms with Gasteiger partial charge in [0.2, 0.25) is 0 Å². The maximum atomic E-state index is 10.9. The first-order valence-electron chi connectivity index (χ1n) is 4.10. The Morgan fingerprint density at radius 2 is 1.93 bits per heavy atom. The van der Waals surface area contributed by atoms with Crippen molar-refractivity contribution < 1.29 is 19.5 Å². The molecule has 3 amide bonds. The Hall–Kier alpha value is -2.08.